The summed E-state index contributed by atoms with van der Waals surface area (Å²) in [4.78, 5) is 3.06. The summed E-state index contributed by atoms with van der Waals surface area (Å²) in [5.74, 6) is 2.72. The highest BCUT2D eigenvalue weighted by atomic mass is 16.5. The number of quaternary nitrogens is 2. The van der Waals surface area contributed by atoms with E-state index in [2.05, 4.69) is 35.3 Å². The molecule has 3 aromatic rings. The van der Waals surface area contributed by atoms with Crippen LogP contribution in [0.25, 0.3) is 11.7 Å². The summed E-state index contributed by atoms with van der Waals surface area (Å²) in [6, 6.07) is 10.0. The predicted octanol–water partition coefficient (Wildman–Crippen LogP) is 0.130. The van der Waals surface area contributed by atoms with Gasteiger partial charge in [-0.05, 0) is 31.2 Å². The van der Waals surface area contributed by atoms with Gasteiger partial charge in [0, 0.05) is 5.56 Å². The number of aromatic nitrogens is 2. The standard InChI is InChI=1S/C20H24N4O3/c1-15-5-6-17(25-2)16(12-15)13-23-7-9-24(10-8-23)14-19-21-22-20(27-19)18-4-3-11-26-18/h3-6,11-12H,7-10,13-14H2,1-2H3/p+2. The van der Waals surface area contributed by atoms with Crippen LogP contribution in [0.5, 0.6) is 5.75 Å². The normalized spacial score (nSPS) is 19.9. The molecule has 0 saturated carbocycles. The first-order chi connectivity index (χ1) is 13.2. The molecule has 1 aliphatic heterocycles. The molecule has 1 aromatic carbocycles. The molecule has 0 bridgehead atoms. The van der Waals surface area contributed by atoms with Gasteiger partial charge < -0.3 is 23.4 Å². The average Bonchev–Trinajstić information content (AvgIpc) is 3.35. The van der Waals surface area contributed by atoms with Crippen LogP contribution in [0.2, 0.25) is 0 Å². The van der Waals surface area contributed by atoms with Crippen molar-refractivity contribution in [2.24, 2.45) is 0 Å². The number of ether oxygens (including phenoxy) is 1. The van der Waals surface area contributed by atoms with Crippen molar-refractivity contribution in [2.45, 2.75) is 20.0 Å². The first kappa shape index (κ1) is 17.8. The van der Waals surface area contributed by atoms with E-state index in [0.717, 1.165) is 45.0 Å². The Bertz CT molecular complexity index is 867. The summed E-state index contributed by atoms with van der Waals surface area (Å²) >= 11 is 0. The number of furan rings is 1. The van der Waals surface area contributed by atoms with Gasteiger partial charge in [-0.2, -0.15) is 0 Å². The van der Waals surface area contributed by atoms with Crippen LogP contribution in [0.3, 0.4) is 0 Å². The number of piperazine rings is 1. The van der Waals surface area contributed by atoms with Gasteiger partial charge in [-0.25, -0.2) is 0 Å². The number of hydrogen-bond acceptors (Lipinski definition) is 5. The lowest BCUT2D eigenvalue weighted by atomic mass is 10.1. The maximum absolute atomic E-state index is 5.74. The molecule has 27 heavy (non-hydrogen) atoms. The van der Waals surface area contributed by atoms with Crippen molar-refractivity contribution in [2.75, 3.05) is 33.3 Å². The molecule has 0 aliphatic carbocycles. The van der Waals surface area contributed by atoms with Crippen LogP contribution in [-0.4, -0.2) is 43.5 Å². The van der Waals surface area contributed by atoms with E-state index in [0.29, 0.717) is 17.5 Å². The van der Waals surface area contributed by atoms with E-state index in [-0.39, 0.29) is 0 Å². The highest BCUT2D eigenvalue weighted by Gasteiger charge is 2.26. The molecule has 0 spiro atoms. The molecule has 1 fully saturated rings. The van der Waals surface area contributed by atoms with Gasteiger partial charge >= 0.3 is 0 Å². The second-order valence-electron chi connectivity index (χ2n) is 7.15. The highest BCUT2D eigenvalue weighted by molar-refractivity contribution is 5.42. The van der Waals surface area contributed by atoms with Crippen LogP contribution < -0.4 is 14.5 Å². The molecule has 4 rings (SSSR count). The quantitative estimate of drug-likeness (QED) is 0.646. The van der Waals surface area contributed by atoms with Crippen molar-refractivity contribution in [3.63, 3.8) is 0 Å². The number of benzene rings is 1. The largest absolute Gasteiger partial charge is 0.496 e. The molecule has 0 atom stereocenters. The molecule has 2 N–H and O–H groups in total. The van der Waals surface area contributed by atoms with Crippen molar-refractivity contribution in [3.05, 3.63) is 53.6 Å². The summed E-state index contributed by atoms with van der Waals surface area (Å²) in [5, 5.41) is 8.24. The van der Waals surface area contributed by atoms with E-state index in [1.54, 1.807) is 18.3 Å². The maximum Gasteiger partial charge on any atom is 0.283 e. The van der Waals surface area contributed by atoms with Crippen molar-refractivity contribution >= 4 is 0 Å². The monoisotopic (exact) mass is 370 g/mol. The third-order valence-electron chi connectivity index (χ3n) is 5.14. The first-order valence-corrected chi connectivity index (χ1v) is 9.38. The zero-order valence-corrected chi connectivity index (χ0v) is 15.8. The Labute approximate surface area is 158 Å². The topological polar surface area (TPSA) is 70.2 Å². The van der Waals surface area contributed by atoms with Crippen molar-refractivity contribution in [1.29, 1.82) is 0 Å². The van der Waals surface area contributed by atoms with Crippen LogP contribution in [-0.2, 0) is 13.1 Å². The minimum atomic E-state index is 0.449. The molecule has 2 aromatic heterocycles. The summed E-state index contributed by atoms with van der Waals surface area (Å²) < 4.78 is 16.6. The Morgan fingerprint density at radius 1 is 1.04 bits per heavy atom. The van der Waals surface area contributed by atoms with Gasteiger partial charge in [0.1, 0.15) is 38.5 Å². The van der Waals surface area contributed by atoms with Crippen molar-refractivity contribution in [3.8, 4) is 17.4 Å². The molecular weight excluding hydrogens is 344 g/mol. The SMILES string of the molecule is COc1ccc(C)cc1C[NH+]1CC[NH+](Cc2nnc(-c3ccco3)o2)CC1. The predicted molar refractivity (Wildman–Crippen MR) is 98.5 cm³/mol. The minimum absolute atomic E-state index is 0.449. The lowest BCUT2D eigenvalue weighted by Crippen LogP contribution is -3.27. The fraction of sp³-hybridized carbons (Fsp3) is 0.400. The van der Waals surface area contributed by atoms with Gasteiger partial charge in [-0.3, -0.25) is 0 Å². The summed E-state index contributed by atoms with van der Waals surface area (Å²) in [6.45, 7) is 8.29. The number of rotatable bonds is 6. The lowest BCUT2D eigenvalue weighted by Gasteiger charge is -2.29. The molecule has 1 aliphatic rings. The average molecular weight is 370 g/mol. The number of nitrogens with zero attached hydrogens (tertiary/aromatic N) is 2. The van der Waals surface area contributed by atoms with Gasteiger partial charge in [0.2, 0.25) is 0 Å². The van der Waals surface area contributed by atoms with Crippen LogP contribution in [0.4, 0.5) is 0 Å². The molecule has 0 amide bonds. The molecule has 7 nitrogen and oxygen atoms in total. The summed E-state index contributed by atoms with van der Waals surface area (Å²) in [5.41, 5.74) is 2.56. The number of aryl methyl sites for hydroxylation is 1. The van der Waals surface area contributed by atoms with Gasteiger partial charge in [-0.1, -0.05) is 11.6 Å². The number of methoxy groups -OCH3 is 1. The summed E-state index contributed by atoms with van der Waals surface area (Å²) in [6.07, 6.45) is 1.61. The molecule has 7 heteroatoms. The summed E-state index contributed by atoms with van der Waals surface area (Å²) in [7, 11) is 1.74. The first-order valence-electron chi connectivity index (χ1n) is 9.38. The molecule has 0 radical (unpaired) electrons. The Hall–Kier alpha value is -2.64. The van der Waals surface area contributed by atoms with E-state index < -0.39 is 0 Å². The van der Waals surface area contributed by atoms with E-state index in [1.165, 1.54) is 16.0 Å². The van der Waals surface area contributed by atoms with Crippen LogP contribution in [0, 0.1) is 6.92 Å². The highest BCUT2D eigenvalue weighted by Crippen LogP contribution is 2.19. The zero-order chi connectivity index (χ0) is 18.6. The van der Waals surface area contributed by atoms with E-state index >= 15 is 0 Å². The molecule has 0 unspecified atom stereocenters. The smallest absolute Gasteiger partial charge is 0.283 e. The second kappa shape index (κ2) is 7.94. The van der Waals surface area contributed by atoms with Crippen LogP contribution in [0.15, 0.2) is 45.4 Å². The second-order valence-corrected chi connectivity index (χ2v) is 7.15. The molecule has 142 valence electrons. The Kier molecular flexibility index (Phi) is 5.22. The zero-order valence-electron chi connectivity index (χ0n) is 15.8. The van der Waals surface area contributed by atoms with Gasteiger partial charge in [0.15, 0.2) is 12.3 Å². The third kappa shape index (κ3) is 4.20. The third-order valence-corrected chi connectivity index (χ3v) is 5.14. The van der Waals surface area contributed by atoms with Crippen molar-refractivity contribution in [1.82, 2.24) is 10.2 Å². The Morgan fingerprint density at radius 2 is 1.81 bits per heavy atom. The van der Waals surface area contributed by atoms with E-state index in [4.69, 9.17) is 13.6 Å². The fourth-order valence-corrected chi connectivity index (χ4v) is 3.66. The van der Waals surface area contributed by atoms with Gasteiger partial charge in [-0.15, -0.1) is 10.2 Å². The van der Waals surface area contributed by atoms with Crippen molar-refractivity contribution < 1.29 is 23.4 Å². The fourth-order valence-electron chi connectivity index (χ4n) is 3.66. The van der Waals surface area contributed by atoms with Crippen LogP contribution >= 0.6 is 0 Å². The van der Waals surface area contributed by atoms with Crippen LogP contribution in [0.1, 0.15) is 17.0 Å². The lowest BCUT2D eigenvalue weighted by molar-refractivity contribution is -1.02. The maximum atomic E-state index is 5.74. The van der Waals surface area contributed by atoms with Gasteiger partial charge in [0.25, 0.3) is 11.8 Å². The number of nitrogens with one attached hydrogen (secondary N) is 2. The number of hydrogen-bond donors (Lipinski definition) is 2. The minimum Gasteiger partial charge on any atom is -0.496 e. The van der Waals surface area contributed by atoms with E-state index in [9.17, 15) is 0 Å². The molecule has 1 saturated heterocycles. The Morgan fingerprint density at radius 3 is 2.52 bits per heavy atom. The van der Waals surface area contributed by atoms with Gasteiger partial charge in [0.05, 0.1) is 13.4 Å². The molecule has 3 heterocycles. The molecular formula is C20H26N4O3+2. The van der Waals surface area contributed by atoms with E-state index in [1.807, 2.05) is 12.1 Å². The Balaban J connectivity index is 1.31.